The van der Waals surface area contributed by atoms with E-state index < -0.39 is 6.04 Å². The standard InChI is InChI=1S/C29H51O2PS/c33-32-27-21-15-9-7-11-17-23(27)30-25-19-13-5-3-1-2-4-6-14-20-26(29(25)32)31-24-18-12-8-10-16-22-28(24)32/h23-29H,1-22H2. The second-order valence-corrected chi connectivity index (χ2v) is 17.6. The summed E-state index contributed by atoms with van der Waals surface area (Å²) in [6.07, 6.45) is 31.9. The maximum absolute atomic E-state index is 7.21. The van der Waals surface area contributed by atoms with Gasteiger partial charge in [-0.2, -0.15) is 0 Å². The molecule has 33 heavy (non-hydrogen) atoms. The lowest BCUT2D eigenvalue weighted by atomic mass is 9.93. The van der Waals surface area contributed by atoms with Crippen molar-refractivity contribution in [2.24, 2.45) is 0 Å². The number of hydrogen-bond acceptors (Lipinski definition) is 3. The molecular weight excluding hydrogens is 443 g/mol. The lowest BCUT2D eigenvalue weighted by Gasteiger charge is -2.60. The predicted molar refractivity (Wildman–Crippen MR) is 145 cm³/mol. The minimum atomic E-state index is -1.59. The van der Waals surface area contributed by atoms with E-state index in [0.717, 1.165) is 0 Å². The van der Waals surface area contributed by atoms with E-state index in [9.17, 15) is 0 Å². The summed E-state index contributed by atoms with van der Waals surface area (Å²) >= 11 is 7.21. The molecule has 6 atom stereocenters. The van der Waals surface area contributed by atoms with Crippen molar-refractivity contribution in [3.05, 3.63) is 0 Å². The van der Waals surface area contributed by atoms with Crippen LogP contribution in [0.25, 0.3) is 0 Å². The molecule has 190 valence electrons. The summed E-state index contributed by atoms with van der Waals surface area (Å²) in [6.45, 7) is 0. The summed E-state index contributed by atoms with van der Waals surface area (Å²) in [5.74, 6) is 0. The van der Waals surface area contributed by atoms with Crippen LogP contribution in [0.2, 0.25) is 0 Å². The molecule has 2 saturated heterocycles. The molecule has 0 spiro atoms. The Labute approximate surface area is 209 Å². The molecule has 0 amide bonds. The van der Waals surface area contributed by atoms with Crippen LogP contribution in [0.4, 0.5) is 0 Å². The third kappa shape index (κ3) is 5.62. The van der Waals surface area contributed by atoms with Gasteiger partial charge in [-0.15, -0.1) is 0 Å². The highest BCUT2D eigenvalue weighted by Gasteiger charge is 2.59. The molecule has 0 aromatic rings. The molecule has 5 fully saturated rings. The Morgan fingerprint density at radius 2 is 0.697 bits per heavy atom. The van der Waals surface area contributed by atoms with Crippen LogP contribution in [0.1, 0.15) is 141 Å². The fourth-order valence-corrected chi connectivity index (χ4v) is 16.2. The molecule has 2 heterocycles. The Hall–Kier alpha value is 0.570. The zero-order valence-corrected chi connectivity index (χ0v) is 23.0. The van der Waals surface area contributed by atoms with Crippen molar-refractivity contribution in [3.63, 3.8) is 0 Å². The normalized spacial score (nSPS) is 46.2. The Morgan fingerprint density at radius 3 is 1.09 bits per heavy atom. The minimum absolute atomic E-state index is 0.397. The lowest BCUT2D eigenvalue weighted by Crippen LogP contribution is -2.59. The van der Waals surface area contributed by atoms with Crippen LogP contribution < -0.4 is 0 Å². The summed E-state index contributed by atoms with van der Waals surface area (Å²) in [6, 6.07) is -1.59. The summed E-state index contributed by atoms with van der Waals surface area (Å²) in [5.41, 5.74) is 1.96. The number of rotatable bonds is 0. The molecule has 0 aromatic heterocycles. The molecule has 3 aliphatic carbocycles. The van der Waals surface area contributed by atoms with Gasteiger partial charge in [0.2, 0.25) is 0 Å². The van der Waals surface area contributed by atoms with E-state index in [4.69, 9.17) is 21.3 Å². The van der Waals surface area contributed by atoms with E-state index in [-0.39, 0.29) is 0 Å². The van der Waals surface area contributed by atoms with Gasteiger partial charge in [-0.05, 0) is 44.6 Å². The first-order chi connectivity index (χ1) is 16.3. The third-order valence-electron chi connectivity index (χ3n) is 10.0. The average Bonchev–Trinajstić information content (AvgIpc) is 2.78. The molecule has 0 N–H and O–H groups in total. The van der Waals surface area contributed by atoms with Gasteiger partial charge in [0, 0.05) is 17.0 Å². The van der Waals surface area contributed by atoms with Gasteiger partial charge in [-0.1, -0.05) is 115 Å². The zero-order valence-electron chi connectivity index (χ0n) is 21.3. The fraction of sp³-hybridized carbons (Fsp3) is 1.00. The second-order valence-electron chi connectivity index (χ2n) is 12.2. The van der Waals surface area contributed by atoms with Crippen LogP contribution in [-0.4, -0.2) is 41.4 Å². The summed E-state index contributed by atoms with van der Waals surface area (Å²) in [5, 5.41) is 0. The molecule has 0 aromatic carbocycles. The van der Waals surface area contributed by atoms with E-state index in [1.54, 1.807) is 0 Å². The SMILES string of the molecule is S=P12C3CCCCCCC3OC3CCCCCCCCCCC(OC4CCCCCCC41)C32. The summed E-state index contributed by atoms with van der Waals surface area (Å²) in [7, 11) is 0. The molecule has 2 nitrogen and oxygen atoms in total. The average molecular weight is 495 g/mol. The van der Waals surface area contributed by atoms with Crippen molar-refractivity contribution in [2.45, 2.75) is 183 Å². The van der Waals surface area contributed by atoms with Gasteiger partial charge in [0.05, 0.1) is 24.4 Å². The first kappa shape index (κ1) is 25.2. The van der Waals surface area contributed by atoms with Crippen LogP contribution >= 0.6 is 6.04 Å². The highest BCUT2D eigenvalue weighted by molar-refractivity contribution is 8.15. The number of ether oxygens (including phenoxy) is 2. The van der Waals surface area contributed by atoms with Crippen LogP contribution in [0.15, 0.2) is 0 Å². The van der Waals surface area contributed by atoms with Gasteiger partial charge < -0.3 is 9.47 Å². The third-order valence-corrected chi connectivity index (χ3v) is 17.2. The first-order valence-electron chi connectivity index (χ1n) is 15.2. The van der Waals surface area contributed by atoms with Crippen molar-refractivity contribution in [2.75, 3.05) is 0 Å². The highest BCUT2D eigenvalue weighted by atomic mass is 32.4. The maximum atomic E-state index is 7.21. The molecular formula is C29H51O2PS. The number of fused-ring (bicyclic) bond motifs is 4. The van der Waals surface area contributed by atoms with Crippen molar-refractivity contribution in [1.29, 1.82) is 0 Å². The quantitative estimate of drug-likeness (QED) is 0.314. The molecule has 4 heteroatoms. The van der Waals surface area contributed by atoms with E-state index >= 15 is 0 Å². The summed E-state index contributed by atoms with van der Waals surface area (Å²) < 4.78 is 14.4. The largest absolute Gasteiger partial charge is 0.374 e. The maximum Gasteiger partial charge on any atom is 0.0679 e. The van der Waals surface area contributed by atoms with Gasteiger partial charge in [-0.3, -0.25) is 0 Å². The van der Waals surface area contributed by atoms with Crippen LogP contribution in [0.3, 0.4) is 0 Å². The minimum Gasteiger partial charge on any atom is -0.374 e. The Kier molecular flexibility index (Phi) is 9.33. The topological polar surface area (TPSA) is 18.5 Å². The van der Waals surface area contributed by atoms with Crippen molar-refractivity contribution >= 4 is 17.8 Å². The monoisotopic (exact) mass is 494 g/mol. The van der Waals surface area contributed by atoms with E-state index in [2.05, 4.69) is 0 Å². The van der Waals surface area contributed by atoms with Gasteiger partial charge in [0.15, 0.2) is 0 Å². The highest BCUT2D eigenvalue weighted by Crippen LogP contribution is 2.72. The lowest BCUT2D eigenvalue weighted by molar-refractivity contribution is -0.101. The summed E-state index contributed by atoms with van der Waals surface area (Å²) in [4.78, 5) is 0. The predicted octanol–water partition coefficient (Wildman–Crippen LogP) is 8.73. The van der Waals surface area contributed by atoms with E-state index in [0.29, 0.717) is 41.4 Å². The van der Waals surface area contributed by atoms with Gasteiger partial charge >= 0.3 is 0 Å². The second kappa shape index (κ2) is 12.2. The van der Waals surface area contributed by atoms with Gasteiger partial charge in [-0.25, -0.2) is 0 Å². The van der Waals surface area contributed by atoms with E-state index in [1.807, 2.05) is 0 Å². The Balaban J connectivity index is 1.51. The molecule has 0 bridgehead atoms. The van der Waals surface area contributed by atoms with Crippen LogP contribution in [0.5, 0.6) is 0 Å². The Morgan fingerprint density at radius 1 is 0.394 bits per heavy atom. The van der Waals surface area contributed by atoms with Crippen LogP contribution in [0, 0.1) is 0 Å². The van der Waals surface area contributed by atoms with Gasteiger partial charge in [0.25, 0.3) is 0 Å². The molecule has 2 aliphatic heterocycles. The molecule has 0 radical (unpaired) electrons. The van der Waals surface area contributed by atoms with Gasteiger partial charge in [0.1, 0.15) is 0 Å². The Bertz CT molecular complexity index is 604. The number of hydrogen-bond donors (Lipinski definition) is 0. The first-order valence-corrected chi connectivity index (χ1v) is 18.2. The van der Waals surface area contributed by atoms with Crippen molar-refractivity contribution in [1.82, 2.24) is 0 Å². The molecule has 5 aliphatic rings. The zero-order chi connectivity index (χ0) is 22.5. The van der Waals surface area contributed by atoms with Crippen LogP contribution in [-0.2, 0) is 21.3 Å². The van der Waals surface area contributed by atoms with Crippen molar-refractivity contribution < 1.29 is 9.47 Å². The fourth-order valence-electron chi connectivity index (χ4n) is 8.39. The molecule has 3 saturated carbocycles. The molecule has 6 unspecified atom stereocenters. The smallest absolute Gasteiger partial charge is 0.0679 e. The van der Waals surface area contributed by atoms with E-state index in [1.165, 1.54) is 141 Å². The molecule has 5 rings (SSSR count). The van der Waals surface area contributed by atoms with Crippen molar-refractivity contribution in [3.8, 4) is 0 Å².